The van der Waals surface area contributed by atoms with E-state index in [0.29, 0.717) is 11.5 Å². The van der Waals surface area contributed by atoms with E-state index in [4.69, 9.17) is 5.11 Å². The molecule has 5 heteroatoms. The SMILES string of the molecule is O=C(O)c1ccnc(Nc2ccccc2O)c1. The summed E-state index contributed by atoms with van der Waals surface area (Å²) in [6, 6.07) is 9.45. The Labute approximate surface area is 97.4 Å². The predicted octanol–water partition coefficient (Wildman–Crippen LogP) is 2.23. The lowest BCUT2D eigenvalue weighted by Crippen LogP contribution is -1.99. The standard InChI is InChI=1S/C12H10N2O3/c15-10-4-2-1-3-9(10)14-11-7-8(12(16)17)5-6-13-11/h1-7,15H,(H,13,14)(H,16,17). The van der Waals surface area contributed by atoms with Crippen molar-refractivity contribution in [2.45, 2.75) is 0 Å². The maximum atomic E-state index is 10.8. The molecule has 86 valence electrons. The highest BCUT2D eigenvalue weighted by atomic mass is 16.4. The molecule has 0 saturated heterocycles. The summed E-state index contributed by atoms with van der Waals surface area (Å²) in [6.45, 7) is 0. The average molecular weight is 230 g/mol. The zero-order chi connectivity index (χ0) is 12.3. The summed E-state index contributed by atoms with van der Waals surface area (Å²) < 4.78 is 0. The number of carbonyl (C=O) groups is 1. The molecule has 0 unspecified atom stereocenters. The van der Waals surface area contributed by atoms with Gasteiger partial charge in [0, 0.05) is 6.20 Å². The maximum absolute atomic E-state index is 10.8. The van der Waals surface area contributed by atoms with E-state index < -0.39 is 5.97 Å². The van der Waals surface area contributed by atoms with Crippen LogP contribution >= 0.6 is 0 Å². The van der Waals surface area contributed by atoms with Gasteiger partial charge in [-0.3, -0.25) is 0 Å². The summed E-state index contributed by atoms with van der Waals surface area (Å²) in [7, 11) is 0. The topological polar surface area (TPSA) is 82.5 Å². The van der Waals surface area contributed by atoms with Crippen LogP contribution in [0, 0.1) is 0 Å². The number of nitrogens with zero attached hydrogens (tertiary/aromatic N) is 1. The fourth-order valence-corrected chi connectivity index (χ4v) is 1.35. The van der Waals surface area contributed by atoms with Gasteiger partial charge < -0.3 is 15.5 Å². The van der Waals surface area contributed by atoms with Crippen LogP contribution < -0.4 is 5.32 Å². The van der Waals surface area contributed by atoms with Crippen LogP contribution in [0.1, 0.15) is 10.4 Å². The van der Waals surface area contributed by atoms with Crippen LogP contribution in [0.2, 0.25) is 0 Å². The Morgan fingerprint density at radius 2 is 2.00 bits per heavy atom. The van der Waals surface area contributed by atoms with Crippen LogP contribution in [0.5, 0.6) is 5.75 Å². The van der Waals surface area contributed by atoms with Crippen molar-refractivity contribution >= 4 is 17.5 Å². The van der Waals surface area contributed by atoms with E-state index in [1.54, 1.807) is 18.2 Å². The molecule has 0 saturated carbocycles. The first-order chi connectivity index (χ1) is 8.16. The Morgan fingerprint density at radius 1 is 1.24 bits per heavy atom. The fourth-order valence-electron chi connectivity index (χ4n) is 1.35. The smallest absolute Gasteiger partial charge is 0.335 e. The molecule has 2 rings (SSSR count). The minimum absolute atomic E-state index is 0.0787. The van der Waals surface area contributed by atoms with Gasteiger partial charge in [0.05, 0.1) is 11.3 Å². The van der Waals surface area contributed by atoms with Crippen LogP contribution in [0.4, 0.5) is 11.5 Å². The predicted molar refractivity (Wildman–Crippen MR) is 62.6 cm³/mol. The van der Waals surface area contributed by atoms with E-state index in [0.717, 1.165) is 0 Å². The third-order valence-corrected chi connectivity index (χ3v) is 2.17. The molecule has 2 aromatic rings. The van der Waals surface area contributed by atoms with Crippen LogP contribution in [0.3, 0.4) is 0 Å². The van der Waals surface area contributed by atoms with Gasteiger partial charge >= 0.3 is 5.97 Å². The molecule has 0 aliphatic carbocycles. The van der Waals surface area contributed by atoms with E-state index in [2.05, 4.69) is 10.3 Å². The van der Waals surface area contributed by atoms with Gasteiger partial charge in [0.2, 0.25) is 0 Å². The molecule has 17 heavy (non-hydrogen) atoms. The minimum atomic E-state index is -1.02. The number of pyridine rings is 1. The normalized spacial score (nSPS) is 9.88. The molecule has 1 aromatic heterocycles. The van der Waals surface area contributed by atoms with Crippen molar-refractivity contribution in [3.05, 3.63) is 48.2 Å². The van der Waals surface area contributed by atoms with E-state index >= 15 is 0 Å². The number of hydrogen-bond acceptors (Lipinski definition) is 4. The lowest BCUT2D eigenvalue weighted by Gasteiger charge is -2.07. The number of phenols is 1. The van der Waals surface area contributed by atoms with Crippen molar-refractivity contribution in [3.8, 4) is 5.75 Å². The molecule has 0 atom stereocenters. The first-order valence-corrected chi connectivity index (χ1v) is 4.91. The second-order valence-electron chi connectivity index (χ2n) is 3.38. The number of aromatic hydroxyl groups is 1. The summed E-state index contributed by atoms with van der Waals surface area (Å²) in [5.41, 5.74) is 0.612. The zero-order valence-corrected chi connectivity index (χ0v) is 8.79. The first kappa shape index (κ1) is 10.9. The Bertz CT molecular complexity index is 555. The Kier molecular flexibility index (Phi) is 2.91. The van der Waals surface area contributed by atoms with Crippen molar-refractivity contribution in [1.29, 1.82) is 0 Å². The molecule has 1 aromatic carbocycles. The molecule has 0 spiro atoms. The highest BCUT2D eigenvalue weighted by molar-refractivity contribution is 5.88. The Hall–Kier alpha value is -2.56. The maximum Gasteiger partial charge on any atom is 0.335 e. The van der Waals surface area contributed by atoms with Crippen LogP contribution in [0.15, 0.2) is 42.6 Å². The van der Waals surface area contributed by atoms with Gasteiger partial charge in [0.1, 0.15) is 11.6 Å². The van der Waals surface area contributed by atoms with Gasteiger partial charge in [0.15, 0.2) is 0 Å². The molecule has 3 N–H and O–H groups in total. The number of nitrogens with one attached hydrogen (secondary N) is 1. The molecular weight excluding hydrogens is 220 g/mol. The summed E-state index contributed by atoms with van der Waals surface area (Å²) in [5, 5.41) is 21.2. The van der Waals surface area contributed by atoms with Gasteiger partial charge in [-0.15, -0.1) is 0 Å². The number of hydrogen-bond donors (Lipinski definition) is 3. The number of para-hydroxylation sites is 2. The number of aromatic carboxylic acids is 1. The minimum Gasteiger partial charge on any atom is -0.506 e. The van der Waals surface area contributed by atoms with Crippen molar-refractivity contribution in [2.75, 3.05) is 5.32 Å². The lowest BCUT2D eigenvalue weighted by atomic mass is 10.2. The third kappa shape index (κ3) is 2.52. The summed E-state index contributed by atoms with van der Waals surface area (Å²) in [4.78, 5) is 14.7. The zero-order valence-electron chi connectivity index (χ0n) is 8.79. The van der Waals surface area contributed by atoms with Crippen LogP contribution in [-0.4, -0.2) is 21.2 Å². The van der Waals surface area contributed by atoms with Gasteiger partial charge in [-0.05, 0) is 24.3 Å². The summed E-state index contributed by atoms with van der Waals surface area (Å²) in [5.74, 6) is -0.575. The second-order valence-corrected chi connectivity index (χ2v) is 3.38. The van der Waals surface area contributed by atoms with Crippen LogP contribution in [0.25, 0.3) is 0 Å². The van der Waals surface area contributed by atoms with E-state index in [9.17, 15) is 9.90 Å². The molecular formula is C12H10N2O3. The lowest BCUT2D eigenvalue weighted by molar-refractivity contribution is 0.0697. The summed E-state index contributed by atoms with van der Waals surface area (Å²) >= 11 is 0. The Balaban J connectivity index is 2.28. The van der Waals surface area contributed by atoms with Crippen LogP contribution in [-0.2, 0) is 0 Å². The number of carboxylic acid groups (broad SMARTS) is 1. The number of carboxylic acids is 1. The van der Waals surface area contributed by atoms with Crippen molar-refractivity contribution in [2.24, 2.45) is 0 Å². The largest absolute Gasteiger partial charge is 0.506 e. The quantitative estimate of drug-likeness (QED) is 0.704. The first-order valence-electron chi connectivity index (χ1n) is 4.91. The van der Waals surface area contributed by atoms with E-state index in [1.807, 2.05) is 0 Å². The number of phenolic OH excluding ortho intramolecular Hbond substituents is 1. The molecule has 0 bridgehead atoms. The average Bonchev–Trinajstić information content (AvgIpc) is 2.32. The number of aromatic nitrogens is 1. The molecule has 0 aliphatic rings. The van der Waals surface area contributed by atoms with Gasteiger partial charge in [-0.2, -0.15) is 0 Å². The molecule has 5 nitrogen and oxygen atoms in total. The number of rotatable bonds is 3. The van der Waals surface area contributed by atoms with E-state index in [-0.39, 0.29) is 11.3 Å². The summed E-state index contributed by atoms with van der Waals surface area (Å²) in [6.07, 6.45) is 1.39. The fraction of sp³-hybridized carbons (Fsp3) is 0. The molecule has 0 amide bonds. The van der Waals surface area contributed by atoms with Crippen molar-refractivity contribution in [3.63, 3.8) is 0 Å². The van der Waals surface area contributed by atoms with Gasteiger partial charge in [-0.25, -0.2) is 9.78 Å². The van der Waals surface area contributed by atoms with Crippen molar-refractivity contribution < 1.29 is 15.0 Å². The monoisotopic (exact) mass is 230 g/mol. The van der Waals surface area contributed by atoms with Crippen molar-refractivity contribution in [1.82, 2.24) is 4.98 Å². The Morgan fingerprint density at radius 3 is 2.71 bits per heavy atom. The number of anilines is 2. The molecule has 0 radical (unpaired) electrons. The van der Waals surface area contributed by atoms with Gasteiger partial charge in [-0.1, -0.05) is 12.1 Å². The highest BCUT2D eigenvalue weighted by Crippen LogP contribution is 2.24. The van der Waals surface area contributed by atoms with Gasteiger partial charge in [0.25, 0.3) is 0 Å². The third-order valence-electron chi connectivity index (χ3n) is 2.17. The molecule has 0 fully saturated rings. The number of benzene rings is 1. The second kappa shape index (κ2) is 4.52. The molecule has 1 heterocycles. The van der Waals surface area contributed by atoms with E-state index in [1.165, 1.54) is 24.4 Å². The highest BCUT2D eigenvalue weighted by Gasteiger charge is 2.05. The molecule has 0 aliphatic heterocycles.